The van der Waals surface area contributed by atoms with E-state index in [1.807, 2.05) is 0 Å². The lowest BCUT2D eigenvalue weighted by Crippen LogP contribution is -2.17. The van der Waals surface area contributed by atoms with Gasteiger partial charge in [-0.3, -0.25) is 4.79 Å². The summed E-state index contributed by atoms with van der Waals surface area (Å²) in [4.78, 5) is 15.1. The Morgan fingerprint density at radius 1 is 1.60 bits per heavy atom. The first-order valence-corrected chi connectivity index (χ1v) is 5.02. The molecule has 0 amide bonds. The van der Waals surface area contributed by atoms with Crippen molar-refractivity contribution >= 4 is 17.6 Å². The number of nitrogens with zero attached hydrogens (tertiary/aromatic N) is 1. The van der Waals surface area contributed by atoms with Crippen LogP contribution in [0, 0.1) is 5.92 Å². The van der Waals surface area contributed by atoms with Gasteiger partial charge in [0.15, 0.2) is 0 Å². The van der Waals surface area contributed by atoms with E-state index in [0.29, 0.717) is 23.7 Å². The number of aliphatic hydroxyl groups is 1. The first-order valence-electron chi connectivity index (χ1n) is 4.64. The number of cyclic esters (lactones) is 1. The average Bonchev–Trinajstić information content (AvgIpc) is 2.65. The Labute approximate surface area is 91.8 Å². The average molecular weight is 228 g/mol. The second-order valence-electron chi connectivity index (χ2n) is 3.42. The maximum absolute atomic E-state index is 11.2. The summed E-state index contributed by atoms with van der Waals surface area (Å²) >= 11 is 5.62. The van der Waals surface area contributed by atoms with Crippen molar-refractivity contribution in [1.82, 2.24) is 4.98 Å². The SMILES string of the molecule is O=C1OCC[C@H]1[C@H](O)c1ccc(Cl)nc1. The fraction of sp³-hybridized carbons (Fsp3) is 0.400. The van der Waals surface area contributed by atoms with E-state index in [9.17, 15) is 9.90 Å². The highest BCUT2D eigenvalue weighted by molar-refractivity contribution is 6.29. The minimum atomic E-state index is -0.857. The molecule has 80 valence electrons. The molecule has 2 rings (SSSR count). The molecule has 2 heterocycles. The van der Waals surface area contributed by atoms with Gasteiger partial charge in [0.1, 0.15) is 5.15 Å². The maximum Gasteiger partial charge on any atom is 0.312 e. The fourth-order valence-corrected chi connectivity index (χ4v) is 1.70. The van der Waals surface area contributed by atoms with Gasteiger partial charge in [0.25, 0.3) is 0 Å². The molecular formula is C10H10ClNO3. The van der Waals surface area contributed by atoms with Crippen LogP contribution in [0.15, 0.2) is 18.3 Å². The van der Waals surface area contributed by atoms with Gasteiger partial charge in [-0.05, 0) is 18.1 Å². The van der Waals surface area contributed by atoms with Gasteiger partial charge in [0.2, 0.25) is 0 Å². The second kappa shape index (κ2) is 4.16. The first-order chi connectivity index (χ1) is 7.18. The van der Waals surface area contributed by atoms with E-state index in [0.717, 1.165) is 0 Å². The molecule has 1 aliphatic rings. The van der Waals surface area contributed by atoms with Crippen LogP contribution in [0.1, 0.15) is 18.1 Å². The highest BCUT2D eigenvalue weighted by Gasteiger charge is 2.34. The molecule has 1 aliphatic heterocycles. The van der Waals surface area contributed by atoms with E-state index in [2.05, 4.69) is 4.98 Å². The molecule has 1 aromatic rings. The van der Waals surface area contributed by atoms with Gasteiger partial charge in [-0.15, -0.1) is 0 Å². The van der Waals surface area contributed by atoms with Crippen LogP contribution in [0.2, 0.25) is 5.15 Å². The topological polar surface area (TPSA) is 59.4 Å². The van der Waals surface area contributed by atoms with Gasteiger partial charge in [-0.2, -0.15) is 0 Å². The molecule has 2 atom stereocenters. The Hall–Kier alpha value is -1.13. The molecule has 5 heteroatoms. The van der Waals surface area contributed by atoms with Gasteiger partial charge in [0.05, 0.1) is 18.6 Å². The highest BCUT2D eigenvalue weighted by atomic mass is 35.5. The molecule has 4 nitrogen and oxygen atoms in total. The Morgan fingerprint density at radius 3 is 2.93 bits per heavy atom. The fourth-order valence-electron chi connectivity index (χ4n) is 1.59. The van der Waals surface area contributed by atoms with Crippen molar-refractivity contribution in [3.63, 3.8) is 0 Å². The van der Waals surface area contributed by atoms with Crippen molar-refractivity contribution < 1.29 is 14.6 Å². The Bertz CT molecular complexity index is 365. The summed E-state index contributed by atoms with van der Waals surface area (Å²) in [5, 5.41) is 10.3. The minimum absolute atomic E-state index is 0.350. The number of aliphatic hydroxyl groups excluding tert-OH is 1. The molecule has 0 aromatic carbocycles. The number of aromatic nitrogens is 1. The van der Waals surface area contributed by atoms with Crippen LogP contribution in [0.4, 0.5) is 0 Å². The van der Waals surface area contributed by atoms with E-state index in [4.69, 9.17) is 16.3 Å². The standard InChI is InChI=1S/C10H10ClNO3/c11-8-2-1-6(5-12-8)9(13)7-3-4-15-10(7)14/h1-2,5,7,9,13H,3-4H2/t7-,9+/m0/s1. The van der Waals surface area contributed by atoms with Gasteiger partial charge in [0, 0.05) is 6.20 Å². The number of halogens is 1. The summed E-state index contributed by atoms with van der Waals surface area (Å²) in [6, 6.07) is 3.24. The number of pyridine rings is 1. The molecule has 1 N–H and O–H groups in total. The summed E-state index contributed by atoms with van der Waals surface area (Å²) in [6.07, 6.45) is 1.16. The quantitative estimate of drug-likeness (QED) is 0.612. The third-order valence-electron chi connectivity index (χ3n) is 2.45. The monoisotopic (exact) mass is 227 g/mol. The van der Waals surface area contributed by atoms with Crippen LogP contribution in [0.5, 0.6) is 0 Å². The zero-order chi connectivity index (χ0) is 10.8. The number of hydrogen-bond acceptors (Lipinski definition) is 4. The summed E-state index contributed by atoms with van der Waals surface area (Å²) < 4.78 is 4.79. The predicted octanol–water partition coefficient (Wildman–Crippen LogP) is 1.33. The van der Waals surface area contributed by atoms with E-state index >= 15 is 0 Å². The van der Waals surface area contributed by atoms with Gasteiger partial charge >= 0.3 is 5.97 Å². The lowest BCUT2D eigenvalue weighted by Gasteiger charge is -2.14. The van der Waals surface area contributed by atoms with Crippen molar-refractivity contribution in [2.75, 3.05) is 6.61 Å². The van der Waals surface area contributed by atoms with Crippen molar-refractivity contribution in [3.8, 4) is 0 Å². The number of esters is 1. The van der Waals surface area contributed by atoms with Crippen LogP contribution in [-0.2, 0) is 9.53 Å². The van der Waals surface area contributed by atoms with Crippen molar-refractivity contribution in [2.45, 2.75) is 12.5 Å². The second-order valence-corrected chi connectivity index (χ2v) is 3.81. The van der Waals surface area contributed by atoms with Crippen LogP contribution >= 0.6 is 11.6 Å². The third-order valence-corrected chi connectivity index (χ3v) is 2.67. The minimum Gasteiger partial charge on any atom is -0.465 e. The van der Waals surface area contributed by atoms with Gasteiger partial charge in [-0.25, -0.2) is 4.98 Å². The number of hydrogen-bond donors (Lipinski definition) is 1. The number of rotatable bonds is 2. The summed E-state index contributed by atoms with van der Waals surface area (Å²) in [5.41, 5.74) is 0.586. The van der Waals surface area contributed by atoms with Crippen molar-refractivity contribution in [3.05, 3.63) is 29.0 Å². The van der Waals surface area contributed by atoms with E-state index in [1.54, 1.807) is 12.1 Å². The number of carbonyl (C=O) groups is 1. The summed E-state index contributed by atoms with van der Waals surface area (Å²) in [7, 11) is 0. The lowest BCUT2D eigenvalue weighted by atomic mass is 9.96. The number of carbonyl (C=O) groups excluding carboxylic acids is 1. The van der Waals surface area contributed by atoms with E-state index in [-0.39, 0.29) is 5.97 Å². The largest absolute Gasteiger partial charge is 0.465 e. The highest BCUT2D eigenvalue weighted by Crippen LogP contribution is 2.29. The van der Waals surface area contributed by atoms with Crippen molar-refractivity contribution in [2.24, 2.45) is 5.92 Å². The van der Waals surface area contributed by atoms with Gasteiger partial charge < -0.3 is 9.84 Å². The Morgan fingerprint density at radius 2 is 2.40 bits per heavy atom. The Balaban J connectivity index is 2.16. The van der Waals surface area contributed by atoms with Crippen LogP contribution < -0.4 is 0 Å². The first kappa shape index (κ1) is 10.4. The smallest absolute Gasteiger partial charge is 0.312 e. The molecule has 0 bridgehead atoms. The lowest BCUT2D eigenvalue weighted by molar-refractivity contribution is -0.144. The molecule has 15 heavy (non-hydrogen) atoms. The molecule has 0 aliphatic carbocycles. The molecule has 0 radical (unpaired) electrons. The van der Waals surface area contributed by atoms with Crippen LogP contribution in [0.3, 0.4) is 0 Å². The van der Waals surface area contributed by atoms with E-state index in [1.165, 1.54) is 6.20 Å². The zero-order valence-corrected chi connectivity index (χ0v) is 8.65. The van der Waals surface area contributed by atoms with Crippen LogP contribution in [0.25, 0.3) is 0 Å². The molecule has 1 saturated heterocycles. The number of ether oxygens (including phenoxy) is 1. The van der Waals surface area contributed by atoms with Crippen LogP contribution in [-0.4, -0.2) is 22.7 Å². The van der Waals surface area contributed by atoms with Crippen molar-refractivity contribution in [1.29, 1.82) is 0 Å². The predicted molar refractivity (Wildman–Crippen MR) is 53.3 cm³/mol. The molecule has 1 aromatic heterocycles. The summed E-state index contributed by atoms with van der Waals surface area (Å²) in [6.45, 7) is 0.377. The molecule has 0 saturated carbocycles. The molecular weight excluding hydrogens is 218 g/mol. The Kier molecular flexibility index (Phi) is 2.88. The zero-order valence-electron chi connectivity index (χ0n) is 7.89. The van der Waals surface area contributed by atoms with E-state index < -0.39 is 12.0 Å². The molecule has 0 spiro atoms. The summed E-state index contributed by atoms with van der Waals surface area (Å²) in [5.74, 6) is -0.828. The molecule has 1 fully saturated rings. The van der Waals surface area contributed by atoms with Gasteiger partial charge in [-0.1, -0.05) is 17.7 Å². The maximum atomic E-state index is 11.2. The normalized spacial score (nSPS) is 22.5. The molecule has 0 unspecified atom stereocenters. The third kappa shape index (κ3) is 2.11.